The van der Waals surface area contributed by atoms with Crippen LogP contribution in [0, 0.1) is 17.0 Å². The fourth-order valence-corrected chi connectivity index (χ4v) is 7.01. The molecular formula is C41H47N2O15+. The first-order valence-corrected chi connectivity index (χ1v) is 18.4. The fourth-order valence-electron chi connectivity index (χ4n) is 7.01. The van der Waals surface area contributed by atoms with Crippen LogP contribution in [0.1, 0.15) is 68.2 Å². The molecule has 310 valence electrons. The summed E-state index contributed by atoms with van der Waals surface area (Å²) in [6.07, 6.45) is 0.819. The zero-order valence-corrected chi connectivity index (χ0v) is 34.2. The van der Waals surface area contributed by atoms with Crippen LogP contribution in [0.4, 0.5) is 0 Å². The minimum absolute atomic E-state index is 0.00715. The first-order valence-electron chi connectivity index (χ1n) is 18.4. The van der Waals surface area contributed by atoms with Crippen molar-refractivity contribution in [3.05, 3.63) is 59.3 Å². The van der Waals surface area contributed by atoms with Crippen LogP contribution in [0.15, 0.2) is 54.0 Å². The number of aliphatic hydroxyl groups excluding tert-OH is 1. The molecule has 0 fully saturated rings. The molecule has 0 radical (unpaired) electrons. The van der Waals surface area contributed by atoms with Gasteiger partial charge in [0.25, 0.3) is 0 Å². The van der Waals surface area contributed by atoms with Crippen LogP contribution in [0.5, 0.6) is 40.2 Å². The van der Waals surface area contributed by atoms with Crippen LogP contribution in [0.3, 0.4) is 0 Å². The Morgan fingerprint density at radius 1 is 0.741 bits per heavy atom. The van der Waals surface area contributed by atoms with Crippen molar-refractivity contribution in [2.45, 2.75) is 74.0 Å². The van der Waals surface area contributed by atoms with E-state index in [2.05, 4.69) is 0 Å². The lowest BCUT2D eigenvalue weighted by Crippen LogP contribution is -2.78. The lowest BCUT2D eigenvalue weighted by molar-refractivity contribution is -1.25. The SMILES string of the molecule is CC[C@H](C)C1=C(O)[N+]2(OC)Oc3ccc(-c4c(OC(C)=O)c(OC(C)=O)c(-c5ccc(OC)cc5)c(OC(C)=O)c4OC(C)=O)cc3O[C@]2([C@@H](C)CC)C(OC)=[N+]1[O-]. The molecule has 5 rings (SSSR count). The molecular weight excluding hydrogens is 760 g/mol. The molecule has 0 saturated carbocycles. The Kier molecular flexibility index (Phi) is 12.3. The Morgan fingerprint density at radius 2 is 1.22 bits per heavy atom. The van der Waals surface area contributed by atoms with Crippen LogP contribution in [-0.4, -0.2) is 71.5 Å². The molecule has 3 aromatic carbocycles. The highest BCUT2D eigenvalue weighted by Gasteiger charge is 2.80. The van der Waals surface area contributed by atoms with E-state index in [0.717, 1.165) is 27.7 Å². The Bertz CT molecular complexity index is 2160. The number of methoxy groups -OCH3 is 2. The standard InChI is InChI=1S/C41H46N2O15/c1-12-21(3)34-39(48)43(52-11)41(22(4)13-2,40(51-10)42(34)49)57-31-20-28(16-19-30(31)58-43)33-37(55-25(7)46)35(53-23(5)44)32(27-14-17-29(50-9)18-15-27)36(54-24(6)45)38(33)56-26(8)47/h14-22H,12-13H2,1-11H3/p+1/t21-,22-,41+,43?/m0/s1. The van der Waals surface area contributed by atoms with E-state index >= 15 is 0 Å². The molecule has 17 heteroatoms. The molecule has 58 heavy (non-hydrogen) atoms. The van der Waals surface area contributed by atoms with Gasteiger partial charge in [0.15, 0.2) is 28.7 Å². The van der Waals surface area contributed by atoms with Crippen molar-refractivity contribution < 1.29 is 76.7 Å². The fraction of sp³-hybridized carbons (Fsp3) is 0.390. The summed E-state index contributed by atoms with van der Waals surface area (Å²) in [6, 6.07) is 10.6. The number of aliphatic hydroxyl groups is 1. The van der Waals surface area contributed by atoms with Crippen molar-refractivity contribution in [2.75, 3.05) is 21.3 Å². The molecule has 2 aliphatic heterocycles. The second kappa shape index (κ2) is 16.6. The molecule has 0 saturated heterocycles. The Labute approximate surface area is 334 Å². The Balaban J connectivity index is 1.94. The third-order valence-electron chi connectivity index (χ3n) is 9.87. The number of ether oxygens (including phenoxy) is 7. The van der Waals surface area contributed by atoms with Crippen LogP contribution >= 0.6 is 0 Å². The summed E-state index contributed by atoms with van der Waals surface area (Å²) in [5.74, 6) is -6.54. The highest BCUT2D eigenvalue weighted by molar-refractivity contribution is 5.98. The molecule has 4 atom stereocenters. The number of fused-ring (bicyclic) bond motifs is 2. The first kappa shape index (κ1) is 42.8. The highest BCUT2D eigenvalue weighted by atomic mass is 17.0. The zero-order valence-electron chi connectivity index (χ0n) is 34.2. The van der Waals surface area contributed by atoms with Gasteiger partial charge in [-0.05, 0) is 54.3 Å². The average molecular weight is 808 g/mol. The molecule has 2 aliphatic rings. The first-order chi connectivity index (χ1) is 27.5. The molecule has 0 amide bonds. The second-order valence-corrected chi connectivity index (χ2v) is 13.6. The van der Waals surface area contributed by atoms with Gasteiger partial charge in [-0.25, -0.2) is 0 Å². The number of hydrogen-bond donors (Lipinski definition) is 1. The molecule has 0 spiro atoms. The number of esters is 4. The number of hydrogen-bond acceptors (Lipinski definition) is 15. The lowest BCUT2D eigenvalue weighted by Gasteiger charge is -2.48. The summed E-state index contributed by atoms with van der Waals surface area (Å²) in [4.78, 5) is 62.7. The molecule has 1 N–H and O–H groups in total. The second-order valence-electron chi connectivity index (χ2n) is 13.6. The number of allylic oxidation sites excluding steroid dienone is 1. The Hall–Kier alpha value is -6.33. The number of nitrogens with zero attached hydrogens (tertiary/aromatic N) is 2. The largest absolute Gasteiger partial charge is 0.616 e. The predicted molar refractivity (Wildman–Crippen MR) is 205 cm³/mol. The quantitative estimate of drug-likeness (QED) is 0.0653. The van der Waals surface area contributed by atoms with Gasteiger partial charge in [-0.1, -0.05) is 39.8 Å². The van der Waals surface area contributed by atoms with Crippen molar-refractivity contribution in [3.8, 4) is 62.5 Å². The zero-order chi connectivity index (χ0) is 42.9. The smallest absolute Gasteiger partial charge is 0.470 e. The van der Waals surface area contributed by atoms with Gasteiger partial charge >= 0.3 is 47.1 Å². The number of carbonyl (C=O) groups is 4. The van der Waals surface area contributed by atoms with Gasteiger partial charge < -0.3 is 43.5 Å². The van der Waals surface area contributed by atoms with Crippen LogP contribution in [0.25, 0.3) is 22.3 Å². The summed E-state index contributed by atoms with van der Waals surface area (Å²) < 4.78 is 41.5. The van der Waals surface area contributed by atoms with Crippen molar-refractivity contribution in [3.63, 3.8) is 0 Å². The third kappa shape index (κ3) is 7.11. The van der Waals surface area contributed by atoms with E-state index in [-0.39, 0.29) is 56.8 Å². The van der Waals surface area contributed by atoms with Gasteiger partial charge in [-0.2, -0.15) is 0 Å². The topological polar surface area (TPSA) is 198 Å². The van der Waals surface area contributed by atoms with Gasteiger partial charge in [0.2, 0.25) is 5.75 Å². The van der Waals surface area contributed by atoms with Crippen LogP contribution in [-0.2, 0) is 28.8 Å². The molecule has 0 bridgehead atoms. The number of quaternary nitrogens is 1. The summed E-state index contributed by atoms with van der Waals surface area (Å²) >= 11 is 0. The highest BCUT2D eigenvalue weighted by Crippen LogP contribution is 2.59. The minimum atomic E-state index is -2.02. The summed E-state index contributed by atoms with van der Waals surface area (Å²) in [7, 11) is 4.03. The van der Waals surface area contributed by atoms with Gasteiger partial charge in [0.05, 0.1) is 37.2 Å². The molecule has 17 nitrogen and oxygen atoms in total. The lowest BCUT2D eigenvalue weighted by atomic mass is 9.90. The normalized spacial score (nSPS) is 19.4. The van der Waals surface area contributed by atoms with Crippen LogP contribution < -0.4 is 33.3 Å². The average Bonchev–Trinajstić information content (AvgIpc) is 3.17. The number of benzene rings is 3. The third-order valence-corrected chi connectivity index (χ3v) is 9.87. The van der Waals surface area contributed by atoms with E-state index < -0.39 is 63.6 Å². The van der Waals surface area contributed by atoms with Crippen molar-refractivity contribution in [2.24, 2.45) is 11.8 Å². The summed E-state index contributed by atoms with van der Waals surface area (Å²) in [5, 5.41) is 26.2. The monoisotopic (exact) mass is 807 g/mol. The number of carbonyl (C=O) groups excluding carboxylic acids is 4. The number of hydroxylamine groups is 5. The van der Waals surface area contributed by atoms with Gasteiger partial charge in [-0.15, -0.1) is 9.58 Å². The predicted octanol–water partition coefficient (Wildman–Crippen LogP) is 6.88. The molecule has 2 heterocycles. The maximum Gasteiger partial charge on any atom is 0.470 e. The van der Waals surface area contributed by atoms with Gasteiger partial charge in [0.1, 0.15) is 17.7 Å². The minimum Gasteiger partial charge on any atom is -0.616 e. The van der Waals surface area contributed by atoms with Crippen molar-refractivity contribution in [1.82, 2.24) is 0 Å². The van der Waals surface area contributed by atoms with E-state index in [9.17, 15) is 29.5 Å². The van der Waals surface area contributed by atoms with E-state index in [1.807, 2.05) is 13.8 Å². The summed E-state index contributed by atoms with van der Waals surface area (Å²) in [5.41, 5.74) is -1.99. The van der Waals surface area contributed by atoms with E-state index in [4.69, 9.17) is 42.8 Å². The van der Waals surface area contributed by atoms with E-state index in [0.29, 0.717) is 23.3 Å². The Morgan fingerprint density at radius 3 is 1.64 bits per heavy atom. The van der Waals surface area contributed by atoms with Crippen molar-refractivity contribution >= 4 is 29.8 Å². The van der Waals surface area contributed by atoms with Crippen molar-refractivity contribution in [1.29, 1.82) is 0 Å². The maximum absolute atomic E-state index is 14.2. The molecule has 1 unspecified atom stereocenters. The van der Waals surface area contributed by atoms with E-state index in [1.165, 1.54) is 39.5 Å². The maximum atomic E-state index is 14.2. The number of rotatable bonds is 12. The van der Waals surface area contributed by atoms with E-state index in [1.54, 1.807) is 38.1 Å². The van der Waals surface area contributed by atoms with Gasteiger partial charge in [0, 0.05) is 27.7 Å². The molecule has 0 aliphatic carbocycles. The van der Waals surface area contributed by atoms with Gasteiger partial charge in [-0.3, -0.25) is 24.0 Å². The molecule has 3 aromatic rings. The summed E-state index contributed by atoms with van der Waals surface area (Å²) in [6.45, 7) is 11.6. The molecule has 0 aromatic heterocycles. The van der Waals surface area contributed by atoms with Crippen LogP contribution in [0.2, 0.25) is 0 Å².